The summed E-state index contributed by atoms with van der Waals surface area (Å²) in [5, 5.41) is 5.68. The van der Waals surface area contributed by atoms with Gasteiger partial charge in [0.2, 0.25) is 0 Å². The number of methoxy groups -OCH3 is 2. The number of benzene rings is 1. The Hall–Kier alpha value is -1.52. The van der Waals surface area contributed by atoms with Gasteiger partial charge in [-0.1, -0.05) is 19.1 Å². The molecule has 1 unspecified atom stereocenters. The second-order valence-corrected chi connectivity index (χ2v) is 5.46. The van der Waals surface area contributed by atoms with E-state index in [2.05, 4.69) is 29.8 Å². The van der Waals surface area contributed by atoms with Crippen molar-refractivity contribution in [1.82, 2.24) is 5.32 Å². The van der Waals surface area contributed by atoms with E-state index >= 15 is 0 Å². The molecule has 1 N–H and O–H groups in total. The quantitative estimate of drug-likeness (QED) is 0.840. The first-order chi connectivity index (χ1) is 9.81. The zero-order valence-corrected chi connectivity index (χ0v) is 13.0. The number of hydrogen-bond acceptors (Lipinski definition) is 4. The summed E-state index contributed by atoms with van der Waals surface area (Å²) in [6.07, 6.45) is 1.08. The Morgan fingerprint density at radius 1 is 1.10 bits per heavy atom. The van der Waals surface area contributed by atoms with E-state index in [9.17, 15) is 0 Å². The van der Waals surface area contributed by atoms with Gasteiger partial charge in [0.15, 0.2) is 0 Å². The molecule has 1 heterocycles. The Morgan fingerprint density at radius 3 is 2.30 bits per heavy atom. The lowest BCUT2D eigenvalue weighted by Crippen LogP contribution is -2.23. The van der Waals surface area contributed by atoms with E-state index in [0.717, 1.165) is 30.0 Å². The van der Waals surface area contributed by atoms with Crippen LogP contribution in [0.3, 0.4) is 0 Å². The maximum absolute atomic E-state index is 5.53. The minimum atomic E-state index is 0.0982. The van der Waals surface area contributed by atoms with Gasteiger partial charge in [-0.2, -0.15) is 0 Å². The van der Waals surface area contributed by atoms with Gasteiger partial charge in [0, 0.05) is 4.88 Å². The summed E-state index contributed by atoms with van der Waals surface area (Å²) in [4.78, 5) is 1.27. The molecule has 1 aromatic heterocycles. The Bertz CT molecular complexity index is 503. The third-order valence-electron chi connectivity index (χ3n) is 3.18. The van der Waals surface area contributed by atoms with Gasteiger partial charge in [-0.05, 0) is 36.5 Å². The van der Waals surface area contributed by atoms with Crippen molar-refractivity contribution in [2.24, 2.45) is 0 Å². The van der Waals surface area contributed by atoms with Gasteiger partial charge in [-0.3, -0.25) is 0 Å². The van der Waals surface area contributed by atoms with E-state index in [0.29, 0.717) is 0 Å². The lowest BCUT2D eigenvalue weighted by molar-refractivity contribution is 0.377. The highest BCUT2D eigenvalue weighted by Crippen LogP contribution is 2.38. The van der Waals surface area contributed by atoms with Crippen LogP contribution in [0.4, 0.5) is 0 Å². The maximum Gasteiger partial charge on any atom is 0.127 e. The van der Waals surface area contributed by atoms with Crippen molar-refractivity contribution in [3.05, 3.63) is 46.2 Å². The Balaban J connectivity index is 2.47. The van der Waals surface area contributed by atoms with Gasteiger partial charge >= 0.3 is 0 Å². The smallest absolute Gasteiger partial charge is 0.127 e. The average molecular weight is 291 g/mol. The highest BCUT2D eigenvalue weighted by molar-refractivity contribution is 7.10. The highest BCUT2D eigenvalue weighted by Gasteiger charge is 2.22. The second kappa shape index (κ2) is 7.31. The summed E-state index contributed by atoms with van der Waals surface area (Å²) >= 11 is 1.74. The molecular formula is C16H21NO2S. The Kier molecular flexibility index (Phi) is 5.44. The van der Waals surface area contributed by atoms with Crippen LogP contribution in [0.1, 0.15) is 29.8 Å². The van der Waals surface area contributed by atoms with Gasteiger partial charge in [0.1, 0.15) is 11.5 Å². The van der Waals surface area contributed by atoms with E-state index in [4.69, 9.17) is 9.47 Å². The first-order valence-electron chi connectivity index (χ1n) is 6.79. The van der Waals surface area contributed by atoms with Crippen molar-refractivity contribution >= 4 is 11.3 Å². The Morgan fingerprint density at radius 2 is 1.80 bits per heavy atom. The molecule has 108 valence electrons. The van der Waals surface area contributed by atoms with Crippen LogP contribution in [0, 0.1) is 0 Å². The van der Waals surface area contributed by atoms with Crippen LogP contribution in [-0.2, 0) is 0 Å². The third kappa shape index (κ3) is 3.14. The third-order valence-corrected chi connectivity index (χ3v) is 4.12. The van der Waals surface area contributed by atoms with Crippen molar-refractivity contribution in [1.29, 1.82) is 0 Å². The number of hydrogen-bond donors (Lipinski definition) is 1. The number of thiophene rings is 1. The number of ether oxygens (including phenoxy) is 2. The van der Waals surface area contributed by atoms with Crippen molar-refractivity contribution in [2.45, 2.75) is 19.4 Å². The predicted octanol–water partition coefficient (Wildman–Crippen LogP) is 3.85. The van der Waals surface area contributed by atoms with Crippen LogP contribution in [0.5, 0.6) is 11.5 Å². The van der Waals surface area contributed by atoms with Crippen LogP contribution in [0.25, 0.3) is 0 Å². The minimum Gasteiger partial charge on any atom is -0.496 e. The van der Waals surface area contributed by atoms with Crippen molar-refractivity contribution < 1.29 is 9.47 Å². The molecule has 0 bridgehead atoms. The summed E-state index contributed by atoms with van der Waals surface area (Å²) in [7, 11) is 3.40. The monoisotopic (exact) mass is 291 g/mol. The van der Waals surface area contributed by atoms with Crippen molar-refractivity contribution in [3.8, 4) is 11.5 Å². The van der Waals surface area contributed by atoms with Crippen molar-refractivity contribution in [2.75, 3.05) is 20.8 Å². The molecule has 1 aromatic carbocycles. The molecule has 0 spiro atoms. The van der Waals surface area contributed by atoms with Crippen LogP contribution in [0.15, 0.2) is 35.7 Å². The average Bonchev–Trinajstić information content (AvgIpc) is 3.01. The van der Waals surface area contributed by atoms with Crippen molar-refractivity contribution in [3.63, 3.8) is 0 Å². The highest BCUT2D eigenvalue weighted by atomic mass is 32.1. The predicted molar refractivity (Wildman–Crippen MR) is 84.0 cm³/mol. The summed E-state index contributed by atoms with van der Waals surface area (Å²) in [5.74, 6) is 1.71. The fraction of sp³-hybridized carbons (Fsp3) is 0.375. The fourth-order valence-electron chi connectivity index (χ4n) is 2.25. The topological polar surface area (TPSA) is 30.5 Å². The zero-order valence-electron chi connectivity index (χ0n) is 12.2. The summed E-state index contributed by atoms with van der Waals surface area (Å²) < 4.78 is 11.1. The normalized spacial score (nSPS) is 12.2. The maximum atomic E-state index is 5.53. The molecule has 1 atom stereocenters. The summed E-state index contributed by atoms with van der Waals surface area (Å²) in [6, 6.07) is 10.2. The molecule has 4 heteroatoms. The van der Waals surface area contributed by atoms with Crippen LogP contribution in [0.2, 0.25) is 0 Å². The largest absolute Gasteiger partial charge is 0.496 e. The zero-order chi connectivity index (χ0) is 14.4. The van der Waals surface area contributed by atoms with E-state index in [-0.39, 0.29) is 6.04 Å². The fourth-order valence-corrected chi connectivity index (χ4v) is 3.06. The molecule has 20 heavy (non-hydrogen) atoms. The molecule has 0 aliphatic rings. The van der Waals surface area contributed by atoms with Crippen LogP contribution >= 0.6 is 11.3 Å². The lowest BCUT2D eigenvalue weighted by Gasteiger charge is -2.22. The molecule has 0 aliphatic heterocycles. The molecular weight excluding hydrogens is 270 g/mol. The van der Waals surface area contributed by atoms with E-state index in [1.807, 2.05) is 18.2 Å². The first kappa shape index (κ1) is 14.9. The molecule has 0 amide bonds. The van der Waals surface area contributed by atoms with Crippen LogP contribution < -0.4 is 14.8 Å². The Labute approximate surface area is 124 Å². The van der Waals surface area contributed by atoms with Gasteiger partial charge in [0.25, 0.3) is 0 Å². The molecule has 0 aliphatic carbocycles. The molecule has 0 saturated carbocycles. The number of rotatable bonds is 7. The standard InChI is InChI=1S/C16H21NO2S/c1-4-10-17-16(14-9-6-11-20-14)15-12(18-2)7-5-8-13(15)19-3/h5-9,11,16-17H,4,10H2,1-3H3. The molecule has 0 saturated heterocycles. The SMILES string of the molecule is CCCNC(c1cccs1)c1c(OC)cccc1OC. The van der Waals surface area contributed by atoms with E-state index < -0.39 is 0 Å². The van der Waals surface area contributed by atoms with E-state index in [1.54, 1.807) is 25.6 Å². The summed E-state index contributed by atoms with van der Waals surface area (Å²) in [6.45, 7) is 3.11. The van der Waals surface area contributed by atoms with E-state index in [1.165, 1.54) is 4.88 Å². The second-order valence-electron chi connectivity index (χ2n) is 4.48. The molecule has 2 rings (SSSR count). The molecule has 0 radical (unpaired) electrons. The molecule has 0 fully saturated rings. The first-order valence-corrected chi connectivity index (χ1v) is 7.67. The minimum absolute atomic E-state index is 0.0982. The van der Waals surface area contributed by atoms with Gasteiger partial charge in [-0.25, -0.2) is 0 Å². The van der Waals surface area contributed by atoms with Gasteiger partial charge in [-0.15, -0.1) is 11.3 Å². The summed E-state index contributed by atoms with van der Waals surface area (Å²) in [5.41, 5.74) is 1.06. The van der Waals surface area contributed by atoms with Gasteiger partial charge < -0.3 is 14.8 Å². The molecule has 2 aromatic rings. The lowest BCUT2D eigenvalue weighted by atomic mass is 10.0. The van der Waals surface area contributed by atoms with Gasteiger partial charge in [0.05, 0.1) is 25.8 Å². The number of nitrogens with one attached hydrogen (secondary N) is 1. The van der Waals surface area contributed by atoms with Crippen LogP contribution in [-0.4, -0.2) is 20.8 Å². The molecule has 3 nitrogen and oxygen atoms in total.